The predicted molar refractivity (Wildman–Crippen MR) is 92.0 cm³/mol. The highest BCUT2D eigenvalue weighted by atomic mass is 16.7. The first-order valence-electron chi connectivity index (χ1n) is 8.39. The van der Waals surface area contributed by atoms with Crippen LogP contribution >= 0.6 is 0 Å². The molecule has 0 fully saturated rings. The van der Waals surface area contributed by atoms with Crippen LogP contribution in [0.25, 0.3) is 0 Å². The van der Waals surface area contributed by atoms with Crippen molar-refractivity contribution in [3.05, 3.63) is 35.9 Å². The molecular weight excluding hydrogens is 292 g/mol. The molecular formula is C18H30N2O3. The molecule has 5 nitrogen and oxygen atoms in total. The Bertz CT molecular complexity index is 431. The summed E-state index contributed by atoms with van der Waals surface area (Å²) in [6.07, 6.45) is 1.41. The highest BCUT2D eigenvalue weighted by Crippen LogP contribution is 2.07. The minimum Gasteiger partial charge on any atom is -0.351 e. The van der Waals surface area contributed by atoms with Gasteiger partial charge in [-0.2, -0.15) is 0 Å². The first-order chi connectivity index (χ1) is 11.1. The minimum absolute atomic E-state index is 0.0672. The van der Waals surface area contributed by atoms with Gasteiger partial charge in [0, 0.05) is 19.8 Å². The van der Waals surface area contributed by atoms with Crippen molar-refractivity contribution in [3.8, 4) is 0 Å². The summed E-state index contributed by atoms with van der Waals surface area (Å²) in [5.74, 6) is -0.0672. The smallest absolute Gasteiger partial charge is 0.239 e. The van der Waals surface area contributed by atoms with Crippen molar-refractivity contribution in [2.45, 2.75) is 45.9 Å². The van der Waals surface area contributed by atoms with Crippen LogP contribution in [-0.4, -0.2) is 49.4 Å². The van der Waals surface area contributed by atoms with Gasteiger partial charge < -0.3 is 20.1 Å². The van der Waals surface area contributed by atoms with Crippen LogP contribution in [0.2, 0.25) is 0 Å². The Morgan fingerprint density at radius 1 is 1.17 bits per heavy atom. The van der Waals surface area contributed by atoms with E-state index in [-0.39, 0.29) is 5.91 Å². The van der Waals surface area contributed by atoms with Gasteiger partial charge in [-0.05, 0) is 39.2 Å². The van der Waals surface area contributed by atoms with Gasteiger partial charge in [0.05, 0.1) is 12.6 Å². The number of benzene rings is 1. The number of ether oxygens (including phenoxy) is 2. The summed E-state index contributed by atoms with van der Waals surface area (Å²) in [5, 5.41) is 0. The van der Waals surface area contributed by atoms with Crippen molar-refractivity contribution >= 4 is 5.91 Å². The molecule has 0 aliphatic rings. The fourth-order valence-electron chi connectivity index (χ4n) is 2.40. The monoisotopic (exact) mass is 322 g/mol. The van der Waals surface area contributed by atoms with Crippen LogP contribution in [0.15, 0.2) is 30.3 Å². The zero-order valence-electron chi connectivity index (χ0n) is 14.5. The molecule has 5 heteroatoms. The summed E-state index contributed by atoms with van der Waals surface area (Å²) in [6.45, 7) is 7.70. The number of nitrogens with zero attached hydrogens (tertiary/aromatic N) is 1. The van der Waals surface area contributed by atoms with Gasteiger partial charge >= 0.3 is 0 Å². The van der Waals surface area contributed by atoms with Gasteiger partial charge in [0.2, 0.25) is 5.91 Å². The van der Waals surface area contributed by atoms with Gasteiger partial charge in [-0.3, -0.25) is 4.79 Å². The highest BCUT2D eigenvalue weighted by Gasteiger charge is 2.21. The Labute approximate surface area is 139 Å². The average Bonchev–Trinajstić information content (AvgIpc) is 2.54. The van der Waals surface area contributed by atoms with E-state index in [2.05, 4.69) is 12.1 Å². The summed E-state index contributed by atoms with van der Waals surface area (Å²) in [7, 11) is 0. The zero-order chi connectivity index (χ0) is 17.1. The summed E-state index contributed by atoms with van der Waals surface area (Å²) in [5.41, 5.74) is 7.04. The van der Waals surface area contributed by atoms with Gasteiger partial charge in [0.25, 0.3) is 0 Å². The van der Waals surface area contributed by atoms with Crippen LogP contribution in [0.5, 0.6) is 0 Å². The minimum atomic E-state index is -0.518. The molecule has 0 heterocycles. The summed E-state index contributed by atoms with van der Waals surface area (Å²) in [6, 6.07) is 9.74. The van der Waals surface area contributed by atoms with Crippen LogP contribution in [0, 0.1) is 0 Å². The molecule has 0 aliphatic carbocycles. The first-order valence-corrected chi connectivity index (χ1v) is 8.39. The quantitative estimate of drug-likeness (QED) is 0.634. The van der Waals surface area contributed by atoms with E-state index >= 15 is 0 Å². The third kappa shape index (κ3) is 7.59. The Hall–Kier alpha value is -1.43. The van der Waals surface area contributed by atoms with E-state index in [4.69, 9.17) is 15.2 Å². The molecule has 0 saturated carbocycles. The summed E-state index contributed by atoms with van der Waals surface area (Å²) >= 11 is 0. The number of hydrogen-bond acceptors (Lipinski definition) is 4. The third-order valence-corrected chi connectivity index (χ3v) is 3.51. The van der Waals surface area contributed by atoms with Gasteiger partial charge in [0.1, 0.15) is 0 Å². The second-order valence-electron chi connectivity index (χ2n) is 5.50. The Balaban J connectivity index is 2.59. The molecule has 1 aromatic rings. The van der Waals surface area contributed by atoms with Gasteiger partial charge in [0.15, 0.2) is 6.29 Å². The fraction of sp³-hybridized carbons (Fsp3) is 0.611. The van der Waals surface area contributed by atoms with Crippen molar-refractivity contribution in [1.82, 2.24) is 4.90 Å². The lowest BCUT2D eigenvalue weighted by Gasteiger charge is -2.28. The predicted octanol–water partition coefficient (Wildman–Crippen LogP) is 2.19. The maximum atomic E-state index is 12.3. The lowest BCUT2D eigenvalue weighted by Crippen LogP contribution is -2.47. The average molecular weight is 322 g/mol. The van der Waals surface area contributed by atoms with Crippen LogP contribution < -0.4 is 5.73 Å². The Kier molecular flexibility index (Phi) is 9.52. The summed E-state index contributed by atoms with van der Waals surface area (Å²) < 4.78 is 11.1. The zero-order valence-corrected chi connectivity index (χ0v) is 14.5. The largest absolute Gasteiger partial charge is 0.351 e. The topological polar surface area (TPSA) is 64.8 Å². The van der Waals surface area contributed by atoms with E-state index in [0.29, 0.717) is 26.3 Å². The van der Waals surface area contributed by atoms with E-state index in [9.17, 15) is 4.79 Å². The number of rotatable bonds is 11. The van der Waals surface area contributed by atoms with Crippen LogP contribution in [-0.2, 0) is 20.7 Å². The molecule has 0 spiro atoms. The van der Waals surface area contributed by atoms with Crippen LogP contribution in [0.3, 0.4) is 0 Å². The van der Waals surface area contributed by atoms with Gasteiger partial charge in [-0.25, -0.2) is 0 Å². The molecule has 23 heavy (non-hydrogen) atoms. The Morgan fingerprint density at radius 3 is 2.30 bits per heavy atom. The molecule has 0 saturated heterocycles. The molecule has 0 bridgehead atoms. The normalized spacial score (nSPS) is 12.4. The van der Waals surface area contributed by atoms with Gasteiger partial charge in [-0.15, -0.1) is 0 Å². The number of nitrogens with two attached hydrogens (primary N) is 1. The number of hydrogen-bond donors (Lipinski definition) is 1. The maximum Gasteiger partial charge on any atom is 0.239 e. The van der Waals surface area contributed by atoms with Gasteiger partial charge in [-0.1, -0.05) is 30.3 Å². The molecule has 1 atom stereocenters. The molecule has 0 unspecified atom stereocenters. The first kappa shape index (κ1) is 19.6. The van der Waals surface area contributed by atoms with Crippen molar-refractivity contribution in [2.75, 3.05) is 26.3 Å². The molecule has 1 aromatic carbocycles. The number of carbonyl (C=O) groups is 1. The maximum absolute atomic E-state index is 12.3. The lowest BCUT2D eigenvalue weighted by atomic mass is 10.1. The molecule has 2 N–H and O–H groups in total. The lowest BCUT2D eigenvalue weighted by molar-refractivity contribution is -0.159. The number of amides is 1. The molecule has 1 amide bonds. The Morgan fingerprint density at radius 2 is 1.78 bits per heavy atom. The number of aryl methyl sites for hydroxylation is 1. The second kappa shape index (κ2) is 11.2. The van der Waals surface area contributed by atoms with E-state index in [1.54, 1.807) is 11.8 Å². The highest BCUT2D eigenvalue weighted by molar-refractivity contribution is 5.81. The standard InChI is InChI=1S/C18H30N2O3/c1-4-22-17(23-5-2)14-20(18(21)15(3)19)13-9-12-16-10-7-6-8-11-16/h6-8,10-11,15,17H,4-5,9,12-14,19H2,1-3H3/t15-/m0/s1. The number of carbonyl (C=O) groups excluding carboxylic acids is 1. The molecule has 0 aromatic heterocycles. The molecule has 130 valence electrons. The van der Waals surface area contributed by atoms with Crippen molar-refractivity contribution in [1.29, 1.82) is 0 Å². The second-order valence-corrected chi connectivity index (χ2v) is 5.50. The van der Waals surface area contributed by atoms with Crippen molar-refractivity contribution < 1.29 is 14.3 Å². The van der Waals surface area contributed by atoms with Crippen LogP contribution in [0.1, 0.15) is 32.8 Å². The van der Waals surface area contributed by atoms with E-state index in [1.165, 1.54) is 5.56 Å². The fourth-order valence-corrected chi connectivity index (χ4v) is 2.40. The molecule has 0 aliphatic heterocycles. The van der Waals surface area contributed by atoms with E-state index in [1.807, 2.05) is 32.0 Å². The SMILES string of the molecule is CCOC(CN(CCCc1ccccc1)C(=O)[C@H](C)N)OCC. The molecule has 1 rings (SSSR count). The van der Waals surface area contributed by atoms with Crippen molar-refractivity contribution in [2.24, 2.45) is 5.73 Å². The third-order valence-electron chi connectivity index (χ3n) is 3.51. The van der Waals surface area contributed by atoms with E-state index < -0.39 is 12.3 Å². The van der Waals surface area contributed by atoms with Crippen molar-refractivity contribution in [3.63, 3.8) is 0 Å². The van der Waals surface area contributed by atoms with Crippen LogP contribution in [0.4, 0.5) is 0 Å². The summed E-state index contributed by atoms with van der Waals surface area (Å²) in [4.78, 5) is 14.1. The molecule has 0 radical (unpaired) electrons. The van der Waals surface area contributed by atoms with E-state index in [0.717, 1.165) is 12.8 Å².